The Morgan fingerprint density at radius 3 is 2.76 bits per heavy atom. The van der Waals surface area contributed by atoms with Crippen LogP contribution in [0.2, 0.25) is 0 Å². The molecule has 0 atom stereocenters. The van der Waals surface area contributed by atoms with Gasteiger partial charge in [-0.3, -0.25) is 14.2 Å². The predicted molar refractivity (Wildman–Crippen MR) is 120 cm³/mol. The van der Waals surface area contributed by atoms with Crippen molar-refractivity contribution in [2.75, 3.05) is 6.54 Å². The lowest BCUT2D eigenvalue weighted by molar-refractivity contribution is 0.0939. The number of aryl methyl sites for hydroxylation is 1. The Morgan fingerprint density at radius 2 is 1.97 bits per heavy atom. The van der Waals surface area contributed by atoms with E-state index in [2.05, 4.69) is 20.7 Å². The topological polar surface area (TPSA) is 124 Å². The quantitative estimate of drug-likeness (QED) is 0.449. The number of rotatable bonds is 6. The SMILES string of the molecule is Cn1c(=O)oc2ccc(CNC(=O)c3cc(C(=O)NCC4CCCC4)n4ncc(F)c4n3)cc21. The summed E-state index contributed by atoms with van der Waals surface area (Å²) in [5.74, 6) is -1.80. The summed E-state index contributed by atoms with van der Waals surface area (Å²) in [5, 5.41) is 9.50. The summed E-state index contributed by atoms with van der Waals surface area (Å²) in [7, 11) is 1.59. The van der Waals surface area contributed by atoms with Gasteiger partial charge in [0.05, 0.1) is 11.7 Å². The first kappa shape index (κ1) is 21.8. The molecule has 2 amide bonds. The van der Waals surface area contributed by atoms with Crippen LogP contribution in [0.25, 0.3) is 16.7 Å². The molecule has 0 unspecified atom stereocenters. The van der Waals surface area contributed by atoms with Crippen LogP contribution in [-0.4, -0.2) is 37.5 Å². The zero-order valence-electron chi connectivity index (χ0n) is 18.5. The summed E-state index contributed by atoms with van der Waals surface area (Å²) in [6, 6.07) is 6.41. The fourth-order valence-corrected chi connectivity index (χ4v) is 4.31. The number of benzene rings is 1. The number of hydrogen-bond donors (Lipinski definition) is 2. The minimum Gasteiger partial charge on any atom is -0.408 e. The van der Waals surface area contributed by atoms with Crippen LogP contribution in [0.4, 0.5) is 4.39 Å². The number of fused-ring (bicyclic) bond motifs is 2. The Morgan fingerprint density at radius 1 is 1.18 bits per heavy atom. The van der Waals surface area contributed by atoms with Gasteiger partial charge in [0.1, 0.15) is 11.4 Å². The first-order valence-electron chi connectivity index (χ1n) is 11.1. The minimum atomic E-state index is -0.731. The van der Waals surface area contributed by atoms with Crippen LogP contribution in [0.1, 0.15) is 52.2 Å². The highest BCUT2D eigenvalue weighted by molar-refractivity contribution is 5.98. The van der Waals surface area contributed by atoms with Crippen molar-refractivity contribution in [3.8, 4) is 0 Å². The van der Waals surface area contributed by atoms with Gasteiger partial charge in [0.2, 0.25) is 0 Å². The maximum atomic E-state index is 14.3. The second-order valence-electron chi connectivity index (χ2n) is 8.53. The van der Waals surface area contributed by atoms with Gasteiger partial charge in [0, 0.05) is 26.2 Å². The van der Waals surface area contributed by atoms with Crippen LogP contribution >= 0.6 is 0 Å². The highest BCUT2D eigenvalue weighted by Crippen LogP contribution is 2.24. The predicted octanol–water partition coefficient (Wildman–Crippen LogP) is 2.16. The Hall–Kier alpha value is -4.02. The van der Waals surface area contributed by atoms with Crippen molar-refractivity contribution < 1.29 is 18.4 Å². The molecular formula is C23H23FN6O4. The lowest BCUT2D eigenvalue weighted by Crippen LogP contribution is -2.31. The molecule has 1 aliphatic rings. The number of carbonyl (C=O) groups excluding carboxylic acids is 2. The normalized spacial score (nSPS) is 14.2. The van der Waals surface area contributed by atoms with Gasteiger partial charge >= 0.3 is 5.76 Å². The largest absolute Gasteiger partial charge is 0.419 e. The number of amides is 2. The molecule has 1 saturated carbocycles. The second-order valence-corrected chi connectivity index (χ2v) is 8.53. The molecule has 0 radical (unpaired) electrons. The Kier molecular flexibility index (Phi) is 5.60. The van der Waals surface area contributed by atoms with Gasteiger partial charge in [-0.1, -0.05) is 18.9 Å². The van der Waals surface area contributed by atoms with Crippen molar-refractivity contribution in [2.45, 2.75) is 32.2 Å². The standard InChI is InChI=1S/C23H23FN6O4/c1-29-17-8-14(6-7-19(17)34-23(29)33)11-25-21(31)16-9-18(30-20(28-16)15(24)12-27-30)22(32)26-10-13-4-2-3-5-13/h6-9,12-13H,2-5,10-11H2,1H3,(H,25,31)(H,26,32). The van der Waals surface area contributed by atoms with Crippen molar-refractivity contribution >= 4 is 28.6 Å². The zero-order valence-corrected chi connectivity index (χ0v) is 18.5. The van der Waals surface area contributed by atoms with Crippen molar-refractivity contribution in [3.05, 3.63) is 63.8 Å². The van der Waals surface area contributed by atoms with Crippen LogP contribution in [0, 0.1) is 11.7 Å². The molecule has 0 spiro atoms. The minimum absolute atomic E-state index is 0.0341. The van der Waals surface area contributed by atoms with Crippen molar-refractivity contribution in [3.63, 3.8) is 0 Å². The summed E-state index contributed by atoms with van der Waals surface area (Å²) in [4.78, 5) is 41.4. The molecule has 1 aromatic carbocycles. The third kappa shape index (κ3) is 4.04. The van der Waals surface area contributed by atoms with Crippen LogP contribution in [-0.2, 0) is 13.6 Å². The van der Waals surface area contributed by atoms with E-state index in [0.717, 1.165) is 42.0 Å². The van der Waals surface area contributed by atoms with E-state index in [4.69, 9.17) is 4.42 Å². The number of halogens is 1. The Bertz CT molecular complexity index is 1460. The first-order chi connectivity index (χ1) is 16.4. The molecule has 10 nitrogen and oxygen atoms in total. The lowest BCUT2D eigenvalue weighted by Gasteiger charge is -2.12. The van der Waals surface area contributed by atoms with E-state index in [-0.39, 0.29) is 23.6 Å². The highest BCUT2D eigenvalue weighted by atomic mass is 19.1. The molecule has 4 aromatic rings. The third-order valence-electron chi connectivity index (χ3n) is 6.23. The first-order valence-corrected chi connectivity index (χ1v) is 11.1. The monoisotopic (exact) mass is 466 g/mol. The maximum absolute atomic E-state index is 14.3. The van der Waals surface area contributed by atoms with Crippen LogP contribution in [0.3, 0.4) is 0 Å². The van der Waals surface area contributed by atoms with Gasteiger partial charge in [0.25, 0.3) is 11.8 Å². The molecule has 2 N–H and O–H groups in total. The smallest absolute Gasteiger partial charge is 0.408 e. The average molecular weight is 466 g/mol. The van der Waals surface area contributed by atoms with E-state index in [1.54, 1.807) is 25.2 Å². The van der Waals surface area contributed by atoms with Gasteiger partial charge in [-0.05, 0) is 36.5 Å². The van der Waals surface area contributed by atoms with E-state index >= 15 is 0 Å². The number of nitrogens with zero attached hydrogens (tertiary/aromatic N) is 4. The lowest BCUT2D eigenvalue weighted by atomic mass is 10.1. The van der Waals surface area contributed by atoms with Crippen LogP contribution in [0.15, 0.2) is 39.7 Å². The summed E-state index contributed by atoms with van der Waals surface area (Å²) in [5.41, 5.74) is 1.50. The van der Waals surface area contributed by atoms with Crippen molar-refractivity contribution in [2.24, 2.45) is 13.0 Å². The third-order valence-corrected chi connectivity index (χ3v) is 6.23. The van der Waals surface area contributed by atoms with E-state index in [1.807, 2.05) is 0 Å². The van der Waals surface area contributed by atoms with Gasteiger partial charge in [0.15, 0.2) is 17.0 Å². The Labute approximate surface area is 192 Å². The number of hydrogen-bond acceptors (Lipinski definition) is 6. The number of nitrogens with one attached hydrogen (secondary N) is 2. The van der Waals surface area contributed by atoms with E-state index in [0.29, 0.717) is 23.6 Å². The van der Waals surface area contributed by atoms with Gasteiger partial charge in [-0.15, -0.1) is 0 Å². The Balaban J connectivity index is 1.36. The number of oxazole rings is 1. The summed E-state index contributed by atoms with van der Waals surface area (Å²) in [6.07, 6.45) is 5.39. The van der Waals surface area contributed by atoms with Gasteiger partial charge in [-0.2, -0.15) is 5.10 Å². The molecule has 11 heteroatoms. The van der Waals surface area contributed by atoms with E-state index in [1.165, 1.54) is 10.6 Å². The summed E-state index contributed by atoms with van der Waals surface area (Å²) >= 11 is 0. The second kappa shape index (κ2) is 8.73. The highest BCUT2D eigenvalue weighted by Gasteiger charge is 2.22. The molecule has 1 fully saturated rings. The fraction of sp³-hybridized carbons (Fsp3) is 0.348. The zero-order chi connectivity index (χ0) is 23.8. The molecule has 3 heterocycles. The molecule has 1 aliphatic carbocycles. The van der Waals surface area contributed by atoms with Crippen LogP contribution in [0.5, 0.6) is 0 Å². The van der Waals surface area contributed by atoms with E-state index < -0.39 is 23.4 Å². The molecule has 34 heavy (non-hydrogen) atoms. The van der Waals surface area contributed by atoms with Gasteiger partial charge in [-0.25, -0.2) is 18.7 Å². The molecule has 0 aliphatic heterocycles. The van der Waals surface area contributed by atoms with Crippen LogP contribution < -0.4 is 16.4 Å². The molecule has 176 valence electrons. The van der Waals surface area contributed by atoms with E-state index in [9.17, 15) is 18.8 Å². The van der Waals surface area contributed by atoms with Crippen molar-refractivity contribution in [1.82, 2.24) is 29.8 Å². The average Bonchev–Trinajstić information content (AvgIpc) is 3.56. The molecule has 5 rings (SSSR count). The maximum Gasteiger partial charge on any atom is 0.419 e. The summed E-state index contributed by atoms with van der Waals surface area (Å²) in [6.45, 7) is 0.652. The summed E-state index contributed by atoms with van der Waals surface area (Å²) < 4.78 is 21.8. The number of aromatic nitrogens is 4. The molecule has 0 saturated heterocycles. The molecular weight excluding hydrogens is 443 g/mol. The molecule has 3 aromatic heterocycles. The fourth-order valence-electron chi connectivity index (χ4n) is 4.31. The molecule has 0 bridgehead atoms. The van der Waals surface area contributed by atoms with Crippen molar-refractivity contribution in [1.29, 1.82) is 0 Å². The number of carbonyl (C=O) groups is 2. The van der Waals surface area contributed by atoms with Gasteiger partial charge < -0.3 is 15.1 Å².